The highest BCUT2D eigenvalue weighted by molar-refractivity contribution is 6.31. The monoisotopic (exact) mass is 308 g/mol. The van der Waals surface area contributed by atoms with Crippen molar-refractivity contribution in [1.82, 2.24) is 0 Å². The van der Waals surface area contributed by atoms with Gasteiger partial charge in [-0.1, -0.05) is 66.2 Å². The van der Waals surface area contributed by atoms with Crippen molar-refractivity contribution in [3.63, 3.8) is 0 Å². The highest BCUT2D eigenvalue weighted by Crippen LogP contribution is 2.52. The van der Waals surface area contributed by atoms with Gasteiger partial charge in [-0.05, 0) is 23.8 Å². The first-order valence-corrected chi connectivity index (χ1v) is 7.43. The smallest absolute Gasteiger partial charge is 0.149 e. The molecule has 0 spiro atoms. The zero-order valence-electron chi connectivity index (χ0n) is 11.7. The molecule has 0 fully saturated rings. The van der Waals surface area contributed by atoms with E-state index in [1.807, 2.05) is 66.7 Å². The van der Waals surface area contributed by atoms with E-state index in [0.29, 0.717) is 27.6 Å². The lowest BCUT2D eigenvalue weighted by atomic mass is 9.78. The van der Waals surface area contributed by atoms with Crippen LogP contribution in [0.3, 0.4) is 0 Å². The van der Waals surface area contributed by atoms with Gasteiger partial charge in [0.15, 0.2) is 0 Å². The molecular weight excluding hydrogens is 296 g/mol. The van der Waals surface area contributed by atoms with Crippen LogP contribution >= 0.6 is 11.6 Å². The SMILES string of the molecule is OC1(c2ccccc2)c2ccccc2Oc2cccc(Cl)c21. The van der Waals surface area contributed by atoms with Crippen molar-refractivity contribution in [1.29, 1.82) is 0 Å². The lowest BCUT2D eigenvalue weighted by Gasteiger charge is -2.37. The van der Waals surface area contributed by atoms with Crippen molar-refractivity contribution < 1.29 is 9.84 Å². The third-order valence-corrected chi connectivity index (χ3v) is 4.34. The number of aliphatic hydroxyl groups is 1. The summed E-state index contributed by atoms with van der Waals surface area (Å²) in [6, 6.07) is 22.4. The molecular formula is C19H13ClO2. The van der Waals surface area contributed by atoms with Crippen LogP contribution in [0.1, 0.15) is 16.7 Å². The molecule has 0 radical (unpaired) electrons. The number of para-hydroxylation sites is 1. The predicted molar refractivity (Wildman–Crippen MR) is 86.5 cm³/mol. The maximum Gasteiger partial charge on any atom is 0.149 e. The quantitative estimate of drug-likeness (QED) is 0.704. The minimum absolute atomic E-state index is 0.485. The molecule has 1 heterocycles. The molecule has 3 aromatic rings. The minimum Gasteiger partial charge on any atom is -0.456 e. The molecule has 3 aromatic carbocycles. The molecule has 1 aliphatic rings. The van der Waals surface area contributed by atoms with Crippen molar-refractivity contribution >= 4 is 11.6 Å². The van der Waals surface area contributed by atoms with Crippen LogP contribution in [-0.2, 0) is 5.60 Å². The summed E-state index contributed by atoms with van der Waals surface area (Å²) in [5.74, 6) is 1.22. The Morgan fingerprint density at radius 3 is 2.27 bits per heavy atom. The van der Waals surface area contributed by atoms with E-state index in [1.54, 1.807) is 6.07 Å². The summed E-state index contributed by atoms with van der Waals surface area (Å²) in [6.07, 6.45) is 0. The normalized spacial score (nSPS) is 19.0. The fourth-order valence-electron chi connectivity index (χ4n) is 3.03. The van der Waals surface area contributed by atoms with Gasteiger partial charge in [0.25, 0.3) is 0 Å². The van der Waals surface area contributed by atoms with Gasteiger partial charge < -0.3 is 9.84 Å². The molecule has 0 bridgehead atoms. The van der Waals surface area contributed by atoms with Crippen LogP contribution in [0.5, 0.6) is 11.5 Å². The number of benzene rings is 3. The lowest BCUT2D eigenvalue weighted by Crippen LogP contribution is -2.32. The highest BCUT2D eigenvalue weighted by Gasteiger charge is 2.43. The van der Waals surface area contributed by atoms with Crippen molar-refractivity contribution in [2.45, 2.75) is 5.60 Å². The topological polar surface area (TPSA) is 29.5 Å². The van der Waals surface area contributed by atoms with Crippen LogP contribution in [0, 0.1) is 0 Å². The average molecular weight is 309 g/mol. The van der Waals surface area contributed by atoms with Gasteiger partial charge >= 0.3 is 0 Å². The van der Waals surface area contributed by atoms with Crippen LogP contribution in [0.4, 0.5) is 0 Å². The molecule has 1 N–H and O–H groups in total. The molecule has 3 heteroatoms. The maximum atomic E-state index is 11.7. The summed E-state index contributed by atoms with van der Waals surface area (Å²) < 4.78 is 5.93. The zero-order valence-corrected chi connectivity index (χ0v) is 12.4. The van der Waals surface area contributed by atoms with Gasteiger partial charge in [-0.3, -0.25) is 0 Å². The predicted octanol–water partition coefficient (Wildman–Crippen LogP) is 4.73. The molecule has 1 aliphatic heterocycles. The minimum atomic E-state index is -1.33. The first-order chi connectivity index (χ1) is 10.7. The number of rotatable bonds is 1. The molecule has 4 rings (SSSR count). The van der Waals surface area contributed by atoms with Crippen molar-refractivity contribution in [2.24, 2.45) is 0 Å². The molecule has 0 aliphatic carbocycles. The standard InChI is InChI=1S/C19H13ClO2/c20-15-10-6-12-17-18(15)19(21,13-7-2-1-3-8-13)14-9-4-5-11-16(14)22-17/h1-12,21H. The summed E-state index contributed by atoms with van der Waals surface area (Å²) in [7, 11) is 0. The number of halogens is 1. The molecule has 0 saturated carbocycles. The van der Waals surface area contributed by atoms with E-state index in [1.165, 1.54) is 0 Å². The fourth-order valence-corrected chi connectivity index (χ4v) is 3.33. The summed E-state index contributed by atoms with van der Waals surface area (Å²) in [5, 5.41) is 12.1. The van der Waals surface area contributed by atoms with E-state index in [2.05, 4.69) is 0 Å². The molecule has 2 nitrogen and oxygen atoms in total. The number of hydrogen-bond acceptors (Lipinski definition) is 2. The summed E-state index contributed by atoms with van der Waals surface area (Å²) in [4.78, 5) is 0. The van der Waals surface area contributed by atoms with Gasteiger partial charge in [-0.15, -0.1) is 0 Å². The molecule has 108 valence electrons. The first kappa shape index (κ1) is 13.4. The van der Waals surface area contributed by atoms with Crippen molar-refractivity contribution in [2.75, 3.05) is 0 Å². The maximum absolute atomic E-state index is 11.7. The Kier molecular flexibility index (Phi) is 2.96. The summed E-state index contributed by atoms with van der Waals surface area (Å²) in [6.45, 7) is 0. The Hall–Kier alpha value is -2.29. The fraction of sp³-hybridized carbons (Fsp3) is 0.0526. The van der Waals surface area contributed by atoms with E-state index in [-0.39, 0.29) is 0 Å². The van der Waals surface area contributed by atoms with Gasteiger partial charge in [0.2, 0.25) is 0 Å². The van der Waals surface area contributed by atoms with E-state index >= 15 is 0 Å². The third kappa shape index (κ3) is 1.78. The van der Waals surface area contributed by atoms with Gasteiger partial charge in [0.1, 0.15) is 17.1 Å². The van der Waals surface area contributed by atoms with Crippen molar-refractivity contribution in [3.8, 4) is 11.5 Å². The Balaban J connectivity index is 2.10. The second kappa shape index (κ2) is 4.87. The zero-order chi connectivity index (χ0) is 15.2. The van der Waals surface area contributed by atoms with Gasteiger partial charge in [-0.2, -0.15) is 0 Å². The number of ether oxygens (including phenoxy) is 1. The van der Waals surface area contributed by atoms with Crippen LogP contribution in [0.25, 0.3) is 0 Å². The molecule has 22 heavy (non-hydrogen) atoms. The second-order valence-electron chi connectivity index (χ2n) is 5.29. The van der Waals surface area contributed by atoms with Crippen LogP contribution < -0.4 is 4.74 Å². The molecule has 1 unspecified atom stereocenters. The molecule has 0 aromatic heterocycles. The largest absolute Gasteiger partial charge is 0.456 e. The molecule has 0 amide bonds. The second-order valence-corrected chi connectivity index (χ2v) is 5.69. The van der Waals surface area contributed by atoms with E-state index in [0.717, 1.165) is 5.56 Å². The summed E-state index contributed by atoms with van der Waals surface area (Å²) in [5.41, 5.74) is 0.715. The van der Waals surface area contributed by atoms with Gasteiger partial charge in [0.05, 0.1) is 10.6 Å². The Morgan fingerprint density at radius 1 is 0.773 bits per heavy atom. The molecule has 1 atom stereocenters. The van der Waals surface area contributed by atoms with E-state index in [4.69, 9.17) is 16.3 Å². The van der Waals surface area contributed by atoms with Crippen LogP contribution in [0.15, 0.2) is 72.8 Å². The Morgan fingerprint density at radius 2 is 1.45 bits per heavy atom. The lowest BCUT2D eigenvalue weighted by molar-refractivity contribution is 0.113. The Labute approximate surface area is 133 Å². The van der Waals surface area contributed by atoms with Crippen LogP contribution in [0.2, 0.25) is 5.02 Å². The van der Waals surface area contributed by atoms with Gasteiger partial charge in [0, 0.05) is 5.56 Å². The highest BCUT2D eigenvalue weighted by atomic mass is 35.5. The average Bonchev–Trinajstić information content (AvgIpc) is 2.56. The van der Waals surface area contributed by atoms with Gasteiger partial charge in [-0.25, -0.2) is 0 Å². The molecule has 0 saturated heterocycles. The Bertz CT molecular complexity index is 845. The van der Waals surface area contributed by atoms with Crippen LogP contribution in [-0.4, -0.2) is 5.11 Å². The number of hydrogen-bond donors (Lipinski definition) is 1. The van der Waals surface area contributed by atoms with E-state index < -0.39 is 5.60 Å². The van der Waals surface area contributed by atoms with Crippen molar-refractivity contribution in [3.05, 3.63) is 94.5 Å². The number of fused-ring (bicyclic) bond motifs is 2. The first-order valence-electron chi connectivity index (χ1n) is 7.05. The van der Waals surface area contributed by atoms with E-state index in [9.17, 15) is 5.11 Å². The third-order valence-electron chi connectivity index (χ3n) is 4.03. The summed E-state index contributed by atoms with van der Waals surface area (Å²) >= 11 is 6.40.